The highest BCUT2D eigenvalue weighted by Crippen LogP contribution is 2.35. The molecule has 0 radical (unpaired) electrons. The molecule has 0 aromatic carbocycles. The molecule has 2 N–H and O–H groups in total. The molecule has 2 aliphatic rings. The molecular weight excluding hydrogens is 245 g/mol. The van der Waals surface area contributed by atoms with Gasteiger partial charge >= 0.3 is 5.97 Å². The lowest BCUT2D eigenvalue weighted by molar-refractivity contribution is -0.139. The van der Waals surface area contributed by atoms with Crippen LogP contribution in [-0.4, -0.2) is 29.3 Å². The van der Waals surface area contributed by atoms with E-state index in [9.17, 15) is 9.18 Å². The van der Waals surface area contributed by atoms with Gasteiger partial charge in [0.15, 0.2) is 0 Å². The van der Waals surface area contributed by atoms with Gasteiger partial charge in [0.05, 0.1) is 0 Å². The van der Waals surface area contributed by atoms with Gasteiger partial charge in [-0.15, -0.1) is 0 Å². The predicted octanol–water partition coefficient (Wildman–Crippen LogP) is 3.14. The molecule has 4 atom stereocenters. The molecule has 1 heterocycles. The summed E-state index contributed by atoms with van der Waals surface area (Å²) in [6, 6.07) is -0.353. The summed E-state index contributed by atoms with van der Waals surface area (Å²) in [5.41, 5.74) is -0.960. The van der Waals surface area contributed by atoms with Crippen molar-refractivity contribution in [3.8, 4) is 0 Å². The summed E-state index contributed by atoms with van der Waals surface area (Å²) in [4.78, 5) is 10.9. The van der Waals surface area contributed by atoms with Crippen LogP contribution in [0.25, 0.3) is 0 Å². The molecule has 0 aromatic heterocycles. The summed E-state index contributed by atoms with van der Waals surface area (Å²) < 4.78 is 13.9. The number of aliphatic carboxylic acids is 1. The molecule has 4 heteroatoms. The van der Waals surface area contributed by atoms with E-state index in [-0.39, 0.29) is 6.04 Å². The van der Waals surface area contributed by atoms with E-state index in [1.54, 1.807) is 6.92 Å². The minimum atomic E-state index is -0.960. The number of hydrogen-bond donors (Lipinski definition) is 2. The van der Waals surface area contributed by atoms with Crippen molar-refractivity contribution in [1.29, 1.82) is 0 Å². The first-order chi connectivity index (χ1) is 8.96. The van der Waals surface area contributed by atoms with Crippen LogP contribution in [-0.2, 0) is 4.79 Å². The van der Waals surface area contributed by atoms with E-state index in [0.29, 0.717) is 24.7 Å². The van der Waals surface area contributed by atoms with Crippen molar-refractivity contribution in [1.82, 2.24) is 5.32 Å². The fourth-order valence-corrected chi connectivity index (χ4v) is 3.51. The van der Waals surface area contributed by atoms with Crippen LogP contribution in [0.2, 0.25) is 0 Å². The van der Waals surface area contributed by atoms with Gasteiger partial charge in [0.1, 0.15) is 11.7 Å². The van der Waals surface area contributed by atoms with E-state index >= 15 is 0 Å². The molecule has 2 unspecified atom stereocenters. The smallest absolute Gasteiger partial charge is 0.320 e. The molecule has 2 fully saturated rings. The molecule has 0 amide bonds. The highest BCUT2D eigenvalue weighted by molar-refractivity contribution is 5.73. The van der Waals surface area contributed by atoms with Crippen molar-refractivity contribution < 1.29 is 14.3 Å². The van der Waals surface area contributed by atoms with Crippen LogP contribution in [0.1, 0.15) is 58.3 Å². The molecule has 110 valence electrons. The van der Waals surface area contributed by atoms with Crippen LogP contribution in [0.4, 0.5) is 4.39 Å². The van der Waals surface area contributed by atoms with E-state index in [4.69, 9.17) is 5.11 Å². The van der Waals surface area contributed by atoms with Gasteiger partial charge in [0.2, 0.25) is 0 Å². The molecule has 0 aromatic rings. The van der Waals surface area contributed by atoms with Gasteiger partial charge in [-0.25, -0.2) is 4.39 Å². The lowest BCUT2D eigenvalue weighted by Crippen LogP contribution is -2.29. The first-order valence-electron chi connectivity index (χ1n) is 7.61. The quantitative estimate of drug-likeness (QED) is 0.772. The normalized spacial score (nSPS) is 40.0. The van der Waals surface area contributed by atoms with Crippen LogP contribution in [0.5, 0.6) is 0 Å². The average Bonchev–Trinajstić information content (AvgIpc) is 2.74. The Bertz CT molecular complexity index is 319. The molecule has 19 heavy (non-hydrogen) atoms. The Morgan fingerprint density at radius 2 is 2.05 bits per heavy atom. The van der Waals surface area contributed by atoms with Crippen LogP contribution in [0.3, 0.4) is 0 Å². The largest absolute Gasteiger partial charge is 0.480 e. The zero-order valence-corrected chi connectivity index (χ0v) is 11.8. The molecule has 1 saturated heterocycles. The Morgan fingerprint density at radius 3 is 2.74 bits per heavy atom. The SMILES string of the molecule is CC1(F)CCCC(CC[C@@H]2CN[C@H](C(=O)O)C2)CC1. The van der Waals surface area contributed by atoms with Gasteiger partial charge in [-0.3, -0.25) is 4.79 Å². The molecular formula is C15H26FNO2. The first-order valence-corrected chi connectivity index (χ1v) is 7.61. The number of alkyl halides is 1. The van der Waals surface area contributed by atoms with E-state index in [2.05, 4.69) is 5.32 Å². The van der Waals surface area contributed by atoms with Gasteiger partial charge in [-0.1, -0.05) is 19.3 Å². The summed E-state index contributed by atoms with van der Waals surface area (Å²) in [6.07, 6.45) is 7.51. The molecule has 3 nitrogen and oxygen atoms in total. The first kappa shape index (κ1) is 14.8. The van der Waals surface area contributed by atoms with Crippen molar-refractivity contribution in [3.63, 3.8) is 0 Å². The molecule has 0 spiro atoms. The van der Waals surface area contributed by atoms with E-state index in [0.717, 1.165) is 45.1 Å². The maximum absolute atomic E-state index is 13.9. The Labute approximate surface area is 115 Å². The Morgan fingerprint density at radius 1 is 1.32 bits per heavy atom. The van der Waals surface area contributed by atoms with Gasteiger partial charge in [0, 0.05) is 0 Å². The number of rotatable bonds is 4. The number of carbonyl (C=O) groups is 1. The second kappa shape index (κ2) is 6.21. The third-order valence-corrected chi connectivity index (χ3v) is 4.89. The fraction of sp³-hybridized carbons (Fsp3) is 0.933. The number of halogens is 1. The lowest BCUT2D eigenvalue weighted by Gasteiger charge is -2.18. The summed E-state index contributed by atoms with van der Waals surface area (Å²) in [6.45, 7) is 2.55. The summed E-state index contributed by atoms with van der Waals surface area (Å²) in [5, 5.41) is 12.0. The monoisotopic (exact) mass is 271 g/mol. The fourth-order valence-electron chi connectivity index (χ4n) is 3.51. The maximum atomic E-state index is 13.9. The number of carboxylic acid groups (broad SMARTS) is 1. The molecule has 0 bridgehead atoms. The minimum Gasteiger partial charge on any atom is -0.480 e. The van der Waals surface area contributed by atoms with Gasteiger partial charge in [-0.2, -0.15) is 0 Å². The highest BCUT2D eigenvalue weighted by Gasteiger charge is 2.31. The van der Waals surface area contributed by atoms with Gasteiger partial charge in [0.25, 0.3) is 0 Å². The number of nitrogens with one attached hydrogen (secondary N) is 1. The van der Waals surface area contributed by atoms with Gasteiger partial charge < -0.3 is 10.4 Å². The van der Waals surface area contributed by atoms with Crippen molar-refractivity contribution >= 4 is 5.97 Å². The standard InChI is InChI=1S/C15H26FNO2/c1-15(16)7-2-3-11(6-8-15)4-5-12-9-13(14(18)19)17-10-12/h11-13,17H,2-10H2,1H3,(H,18,19)/t11?,12-,13-,15?/m0/s1. The summed E-state index contributed by atoms with van der Waals surface area (Å²) >= 11 is 0. The van der Waals surface area contributed by atoms with Crippen LogP contribution >= 0.6 is 0 Å². The van der Waals surface area contributed by atoms with Crippen molar-refractivity contribution in [2.75, 3.05) is 6.54 Å². The highest BCUT2D eigenvalue weighted by atomic mass is 19.1. The molecule has 1 aliphatic carbocycles. The molecule has 2 rings (SSSR count). The summed E-state index contributed by atoms with van der Waals surface area (Å²) in [7, 11) is 0. The Balaban J connectivity index is 1.70. The second-order valence-corrected chi connectivity index (χ2v) is 6.69. The lowest BCUT2D eigenvalue weighted by atomic mass is 9.89. The van der Waals surface area contributed by atoms with E-state index in [1.165, 1.54) is 0 Å². The third-order valence-electron chi connectivity index (χ3n) is 4.89. The Hall–Kier alpha value is -0.640. The van der Waals surface area contributed by atoms with Crippen LogP contribution < -0.4 is 5.32 Å². The van der Waals surface area contributed by atoms with E-state index < -0.39 is 11.6 Å². The topological polar surface area (TPSA) is 49.3 Å². The van der Waals surface area contributed by atoms with Crippen LogP contribution in [0, 0.1) is 11.8 Å². The van der Waals surface area contributed by atoms with Gasteiger partial charge in [-0.05, 0) is 57.4 Å². The molecule has 1 aliphatic heterocycles. The number of hydrogen-bond acceptors (Lipinski definition) is 2. The van der Waals surface area contributed by atoms with Crippen molar-refractivity contribution in [3.05, 3.63) is 0 Å². The number of carboxylic acids is 1. The minimum absolute atomic E-state index is 0.353. The van der Waals surface area contributed by atoms with Crippen molar-refractivity contribution in [2.45, 2.75) is 70.0 Å². The van der Waals surface area contributed by atoms with E-state index in [1.807, 2.05) is 0 Å². The molecule has 1 saturated carbocycles. The average molecular weight is 271 g/mol. The maximum Gasteiger partial charge on any atom is 0.320 e. The third kappa shape index (κ3) is 4.44. The zero-order valence-electron chi connectivity index (χ0n) is 11.8. The summed E-state index contributed by atoms with van der Waals surface area (Å²) in [5.74, 6) is 0.396. The van der Waals surface area contributed by atoms with Crippen molar-refractivity contribution in [2.24, 2.45) is 11.8 Å². The van der Waals surface area contributed by atoms with Crippen LogP contribution in [0.15, 0.2) is 0 Å². The zero-order chi connectivity index (χ0) is 13.9. The predicted molar refractivity (Wildman–Crippen MR) is 72.9 cm³/mol. The Kier molecular flexibility index (Phi) is 4.82. The second-order valence-electron chi connectivity index (χ2n) is 6.69.